The van der Waals surface area contributed by atoms with Crippen LogP contribution in [0.4, 0.5) is 14.5 Å². The second-order valence-electron chi connectivity index (χ2n) is 7.18. The van der Waals surface area contributed by atoms with Gasteiger partial charge in [-0.05, 0) is 69.5 Å². The van der Waals surface area contributed by atoms with E-state index in [-0.39, 0.29) is 17.7 Å². The highest BCUT2D eigenvalue weighted by atomic mass is 19.3. The molecule has 0 bridgehead atoms. The first-order valence-electron chi connectivity index (χ1n) is 9.56. The van der Waals surface area contributed by atoms with Gasteiger partial charge in [0.2, 0.25) is 0 Å². The lowest BCUT2D eigenvalue weighted by Crippen LogP contribution is -2.36. The van der Waals surface area contributed by atoms with E-state index in [4.69, 9.17) is 0 Å². The molecule has 0 saturated carbocycles. The average Bonchev–Trinajstić information content (AvgIpc) is 3.08. The predicted octanol–water partition coefficient (Wildman–Crippen LogP) is 2.71. The summed E-state index contributed by atoms with van der Waals surface area (Å²) < 4.78 is 31.3. The molecule has 0 spiro atoms. The zero-order valence-electron chi connectivity index (χ0n) is 15.7. The zero-order chi connectivity index (χ0) is 19.7. The minimum atomic E-state index is -2.87. The van der Waals surface area contributed by atoms with Gasteiger partial charge in [0.05, 0.1) is 11.7 Å². The van der Waals surface area contributed by atoms with Crippen molar-refractivity contribution < 1.29 is 18.3 Å². The first-order chi connectivity index (χ1) is 13.5. The summed E-state index contributed by atoms with van der Waals surface area (Å²) in [5, 5.41) is 11.7. The Morgan fingerprint density at radius 3 is 2.86 bits per heavy atom. The summed E-state index contributed by atoms with van der Waals surface area (Å²) >= 11 is 0. The molecular formula is C19H23F2N5O2. The Labute approximate surface area is 161 Å². The van der Waals surface area contributed by atoms with Crippen LogP contribution in [0.2, 0.25) is 0 Å². The summed E-state index contributed by atoms with van der Waals surface area (Å²) in [7, 11) is 0. The number of hydrogen-bond acceptors (Lipinski definition) is 5. The van der Waals surface area contributed by atoms with Crippen molar-refractivity contribution in [1.82, 2.24) is 20.3 Å². The molecule has 1 amide bonds. The molecule has 0 unspecified atom stereocenters. The Hall–Kier alpha value is -2.55. The topological polar surface area (TPSA) is 72.3 Å². The van der Waals surface area contributed by atoms with Crippen LogP contribution in [0.5, 0.6) is 5.75 Å². The van der Waals surface area contributed by atoms with Gasteiger partial charge < -0.3 is 15.0 Å². The van der Waals surface area contributed by atoms with Crippen molar-refractivity contribution in [3.05, 3.63) is 35.2 Å². The van der Waals surface area contributed by atoms with Gasteiger partial charge in [-0.15, -0.1) is 5.10 Å². The Kier molecular flexibility index (Phi) is 5.25. The fourth-order valence-electron chi connectivity index (χ4n) is 4.02. The van der Waals surface area contributed by atoms with Crippen LogP contribution in [0.1, 0.15) is 47.1 Å². The average molecular weight is 391 g/mol. The third-order valence-corrected chi connectivity index (χ3v) is 5.42. The Morgan fingerprint density at radius 2 is 2.11 bits per heavy atom. The summed E-state index contributed by atoms with van der Waals surface area (Å²) in [5.74, 6) is -0.0998. The summed E-state index contributed by atoms with van der Waals surface area (Å²) in [6.45, 7) is 1.42. The number of alkyl halides is 2. The van der Waals surface area contributed by atoms with Crippen LogP contribution < -0.4 is 15.0 Å². The lowest BCUT2D eigenvalue weighted by molar-refractivity contribution is -0.0498. The van der Waals surface area contributed by atoms with Crippen molar-refractivity contribution in [3.63, 3.8) is 0 Å². The molecular weight excluding hydrogens is 368 g/mol. The molecule has 0 radical (unpaired) electrons. The van der Waals surface area contributed by atoms with Crippen LogP contribution in [-0.4, -0.2) is 47.1 Å². The van der Waals surface area contributed by atoms with Gasteiger partial charge >= 0.3 is 6.61 Å². The van der Waals surface area contributed by atoms with Gasteiger partial charge in [0.15, 0.2) is 5.69 Å². The van der Waals surface area contributed by atoms with Crippen LogP contribution >= 0.6 is 0 Å². The lowest BCUT2D eigenvalue weighted by Gasteiger charge is -2.29. The molecule has 1 saturated heterocycles. The standard InChI is InChI=1S/C19H23F2N5O2/c1-12-17(23-24-26(12)14-6-8-22-9-7-14)18(27)25-10-2-3-13-11-15(28-19(20)21)4-5-16(13)25/h4-5,11,14,19,22H,2-3,6-10H2,1H3. The maximum absolute atomic E-state index is 13.2. The molecule has 2 aromatic rings. The molecule has 0 atom stereocenters. The molecule has 3 heterocycles. The van der Waals surface area contributed by atoms with Crippen molar-refractivity contribution in [2.45, 2.75) is 45.3 Å². The van der Waals surface area contributed by atoms with Crippen molar-refractivity contribution in [3.8, 4) is 5.75 Å². The van der Waals surface area contributed by atoms with Gasteiger partial charge in [-0.2, -0.15) is 8.78 Å². The van der Waals surface area contributed by atoms with E-state index in [1.54, 1.807) is 17.0 Å². The molecule has 9 heteroatoms. The van der Waals surface area contributed by atoms with E-state index in [1.807, 2.05) is 11.6 Å². The van der Waals surface area contributed by atoms with E-state index in [9.17, 15) is 13.6 Å². The number of rotatable bonds is 4. The second kappa shape index (κ2) is 7.83. The summed E-state index contributed by atoms with van der Waals surface area (Å²) in [4.78, 5) is 14.9. The van der Waals surface area contributed by atoms with E-state index in [0.29, 0.717) is 24.3 Å². The minimum Gasteiger partial charge on any atom is -0.435 e. The van der Waals surface area contributed by atoms with E-state index >= 15 is 0 Å². The highest BCUT2D eigenvalue weighted by Crippen LogP contribution is 2.32. The summed E-state index contributed by atoms with van der Waals surface area (Å²) in [5.41, 5.74) is 2.65. The number of hydrogen-bond donors (Lipinski definition) is 1. The molecule has 1 fully saturated rings. The molecule has 7 nitrogen and oxygen atoms in total. The monoisotopic (exact) mass is 391 g/mol. The van der Waals surface area contributed by atoms with Crippen molar-refractivity contribution >= 4 is 11.6 Å². The number of ether oxygens (including phenoxy) is 1. The number of nitrogens with one attached hydrogen (secondary N) is 1. The van der Waals surface area contributed by atoms with Gasteiger partial charge in [-0.25, -0.2) is 4.68 Å². The Morgan fingerprint density at radius 1 is 1.32 bits per heavy atom. The largest absolute Gasteiger partial charge is 0.435 e. The number of aromatic nitrogens is 3. The third kappa shape index (κ3) is 3.58. The van der Waals surface area contributed by atoms with Gasteiger partial charge in [0.25, 0.3) is 5.91 Å². The SMILES string of the molecule is Cc1c(C(=O)N2CCCc3cc(OC(F)F)ccc32)nnn1C1CCNCC1. The number of carbonyl (C=O) groups excluding carboxylic acids is 1. The number of amides is 1. The maximum Gasteiger partial charge on any atom is 0.387 e. The van der Waals surface area contributed by atoms with Crippen molar-refractivity contribution in [1.29, 1.82) is 0 Å². The number of halogens is 2. The van der Waals surface area contributed by atoms with Gasteiger partial charge in [-0.1, -0.05) is 5.21 Å². The van der Waals surface area contributed by atoms with Gasteiger partial charge in [0.1, 0.15) is 5.75 Å². The summed E-state index contributed by atoms with van der Waals surface area (Å²) in [6.07, 6.45) is 3.37. The summed E-state index contributed by atoms with van der Waals surface area (Å²) in [6, 6.07) is 4.96. The molecule has 4 rings (SSSR count). The molecule has 1 aromatic carbocycles. The number of fused-ring (bicyclic) bond motifs is 1. The maximum atomic E-state index is 13.2. The predicted molar refractivity (Wildman–Crippen MR) is 99.0 cm³/mol. The van der Waals surface area contributed by atoms with E-state index in [0.717, 1.165) is 43.6 Å². The third-order valence-electron chi connectivity index (χ3n) is 5.42. The highest BCUT2D eigenvalue weighted by molar-refractivity contribution is 6.06. The normalized spacial score (nSPS) is 17.6. The zero-order valence-corrected chi connectivity index (χ0v) is 15.7. The van der Waals surface area contributed by atoms with Crippen LogP contribution in [-0.2, 0) is 6.42 Å². The number of nitrogens with zero attached hydrogens (tertiary/aromatic N) is 4. The fraction of sp³-hybridized carbons (Fsp3) is 0.526. The van der Waals surface area contributed by atoms with Gasteiger partial charge in [0, 0.05) is 12.2 Å². The Bertz CT molecular complexity index is 864. The molecule has 1 aromatic heterocycles. The van der Waals surface area contributed by atoms with Crippen LogP contribution in [0.15, 0.2) is 18.2 Å². The molecule has 150 valence electrons. The first-order valence-corrected chi connectivity index (χ1v) is 9.56. The molecule has 28 heavy (non-hydrogen) atoms. The number of carbonyl (C=O) groups is 1. The lowest BCUT2D eigenvalue weighted by atomic mass is 10.0. The van der Waals surface area contributed by atoms with Crippen LogP contribution in [0.25, 0.3) is 0 Å². The number of benzene rings is 1. The van der Waals surface area contributed by atoms with E-state index in [1.165, 1.54) is 6.07 Å². The van der Waals surface area contributed by atoms with E-state index < -0.39 is 6.61 Å². The molecule has 0 aliphatic carbocycles. The van der Waals surface area contributed by atoms with Crippen LogP contribution in [0.3, 0.4) is 0 Å². The smallest absolute Gasteiger partial charge is 0.387 e. The molecule has 1 N–H and O–H groups in total. The quantitative estimate of drug-likeness (QED) is 0.868. The van der Waals surface area contributed by atoms with Crippen molar-refractivity contribution in [2.75, 3.05) is 24.5 Å². The molecule has 2 aliphatic rings. The Balaban J connectivity index is 1.59. The minimum absolute atomic E-state index is 0.107. The number of anilines is 1. The van der Waals surface area contributed by atoms with Crippen molar-refractivity contribution in [2.24, 2.45) is 0 Å². The second-order valence-corrected chi connectivity index (χ2v) is 7.18. The first kappa shape index (κ1) is 18.8. The van der Waals surface area contributed by atoms with E-state index in [2.05, 4.69) is 20.4 Å². The fourth-order valence-corrected chi connectivity index (χ4v) is 4.02. The number of aryl methyl sites for hydroxylation is 1. The highest BCUT2D eigenvalue weighted by Gasteiger charge is 2.29. The number of piperidine rings is 1. The van der Waals surface area contributed by atoms with Crippen LogP contribution in [0, 0.1) is 6.92 Å². The molecule has 2 aliphatic heterocycles. The van der Waals surface area contributed by atoms with Gasteiger partial charge in [-0.3, -0.25) is 4.79 Å².